The number of likely N-dealkylation sites (tertiary alicyclic amines) is 1. The molecule has 2 aliphatic rings. The summed E-state index contributed by atoms with van der Waals surface area (Å²) in [5.74, 6) is 0.626. The number of nitrogens with zero attached hydrogens (tertiary/aromatic N) is 4. The maximum Gasteiger partial charge on any atom is 0.403 e. The Bertz CT molecular complexity index is 562. The molecule has 0 aliphatic carbocycles. The molecule has 11 heteroatoms. The minimum atomic E-state index is -4.18. The van der Waals surface area contributed by atoms with Gasteiger partial charge >= 0.3 is 6.18 Å². The summed E-state index contributed by atoms with van der Waals surface area (Å²) in [5, 5.41) is 3.26. The molecule has 0 saturated carbocycles. The first-order chi connectivity index (χ1) is 14.2. The van der Waals surface area contributed by atoms with Crippen molar-refractivity contribution in [3.05, 3.63) is 0 Å². The Hall–Kier alpha value is -0.820. The van der Waals surface area contributed by atoms with E-state index in [1.54, 1.807) is 0 Å². The highest BCUT2D eigenvalue weighted by atomic mass is 127. The molecule has 3 N–H and O–H groups in total. The van der Waals surface area contributed by atoms with Crippen molar-refractivity contribution < 1.29 is 18.0 Å². The van der Waals surface area contributed by atoms with Crippen LogP contribution in [-0.2, 0) is 4.79 Å². The Morgan fingerprint density at radius 3 is 2.26 bits per heavy atom. The zero-order valence-electron chi connectivity index (χ0n) is 18.7. The molecule has 1 amide bonds. The first-order valence-corrected chi connectivity index (χ1v) is 11.1. The standard InChI is InChI=1S/C20H37F3N6O.HI/c1-3-25-19(29-14-12-28(13-15-29)16(2)20(21,22)23)26-8-4-5-9-27-10-6-17(7-11-27)18(24)30;/h16-17H,3-15H2,1-2H3,(H2,24,30)(H,25,26);1H. The number of piperazine rings is 1. The lowest BCUT2D eigenvalue weighted by Crippen LogP contribution is -2.56. The number of amides is 1. The SMILES string of the molecule is CCNC(=NCCCCN1CCC(C(N)=O)CC1)N1CCN(C(C)C(F)(F)F)CC1.I. The van der Waals surface area contributed by atoms with Crippen LogP contribution in [0.4, 0.5) is 13.2 Å². The van der Waals surface area contributed by atoms with Gasteiger partial charge in [-0.1, -0.05) is 0 Å². The molecule has 0 aromatic carbocycles. The van der Waals surface area contributed by atoms with Crippen LogP contribution in [0.2, 0.25) is 0 Å². The van der Waals surface area contributed by atoms with Crippen LogP contribution in [0.25, 0.3) is 0 Å². The lowest BCUT2D eigenvalue weighted by molar-refractivity contribution is -0.181. The summed E-state index contributed by atoms with van der Waals surface area (Å²) in [5.41, 5.74) is 5.37. The number of halogens is 4. The Morgan fingerprint density at radius 1 is 1.13 bits per heavy atom. The molecule has 2 saturated heterocycles. The number of unbranched alkanes of at least 4 members (excludes halogenated alkanes) is 1. The van der Waals surface area contributed by atoms with Gasteiger partial charge in [0.15, 0.2) is 5.96 Å². The first kappa shape index (κ1) is 28.2. The average Bonchev–Trinajstić information content (AvgIpc) is 2.72. The Balaban J connectivity index is 0.00000480. The number of alkyl halides is 3. The topological polar surface area (TPSA) is 77.2 Å². The van der Waals surface area contributed by atoms with Gasteiger partial charge in [0, 0.05) is 45.2 Å². The van der Waals surface area contributed by atoms with Gasteiger partial charge in [0.1, 0.15) is 6.04 Å². The molecule has 2 aliphatic heterocycles. The Morgan fingerprint density at radius 2 is 1.74 bits per heavy atom. The second kappa shape index (κ2) is 13.7. The highest BCUT2D eigenvalue weighted by Gasteiger charge is 2.41. The van der Waals surface area contributed by atoms with Crippen molar-refractivity contribution in [1.29, 1.82) is 0 Å². The smallest absolute Gasteiger partial charge is 0.369 e. The molecule has 0 aromatic heterocycles. The van der Waals surface area contributed by atoms with Crippen molar-refractivity contribution in [2.75, 3.05) is 58.9 Å². The third-order valence-corrected chi connectivity index (χ3v) is 6.10. The second-order valence-corrected chi connectivity index (χ2v) is 8.20. The van der Waals surface area contributed by atoms with Gasteiger partial charge in [0.2, 0.25) is 5.91 Å². The molecule has 1 atom stereocenters. The van der Waals surface area contributed by atoms with Gasteiger partial charge in [-0.15, -0.1) is 24.0 Å². The number of hydrogen-bond acceptors (Lipinski definition) is 4. The fourth-order valence-electron chi connectivity index (χ4n) is 4.03. The molecule has 2 heterocycles. The number of aliphatic imine (C=N–C) groups is 1. The first-order valence-electron chi connectivity index (χ1n) is 11.1. The lowest BCUT2D eigenvalue weighted by atomic mass is 9.96. The quantitative estimate of drug-likeness (QED) is 0.205. The minimum absolute atomic E-state index is 0. The molecular formula is C20H38F3IN6O. The van der Waals surface area contributed by atoms with Crippen LogP contribution in [0.15, 0.2) is 4.99 Å². The number of rotatable bonds is 8. The van der Waals surface area contributed by atoms with Crippen molar-refractivity contribution in [3.63, 3.8) is 0 Å². The van der Waals surface area contributed by atoms with E-state index in [1.807, 2.05) is 6.92 Å². The van der Waals surface area contributed by atoms with Crippen molar-refractivity contribution in [1.82, 2.24) is 20.0 Å². The third-order valence-electron chi connectivity index (χ3n) is 6.10. The summed E-state index contributed by atoms with van der Waals surface area (Å²) in [4.78, 5) is 21.8. The zero-order chi connectivity index (χ0) is 22.1. The fraction of sp³-hybridized carbons (Fsp3) is 0.900. The summed E-state index contributed by atoms with van der Waals surface area (Å²) >= 11 is 0. The van der Waals surface area contributed by atoms with Crippen LogP contribution in [0.3, 0.4) is 0 Å². The average molecular weight is 562 g/mol. The zero-order valence-corrected chi connectivity index (χ0v) is 21.0. The molecule has 0 bridgehead atoms. The molecule has 2 rings (SSSR count). The maximum absolute atomic E-state index is 12.9. The van der Waals surface area contributed by atoms with E-state index in [4.69, 9.17) is 5.73 Å². The summed E-state index contributed by atoms with van der Waals surface area (Å²) in [7, 11) is 0. The third kappa shape index (κ3) is 9.29. The fourth-order valence-corrected chi connectivity index (χ4v) is 4.03. The normalized spacial score (nSPS) is 20.9. The molecule has 0 radical (unpaired) electrons. The van der Waals surface area contributed by atoms with Crippen molar-refractivity contribution >= 4 is 35.8 Å². The van der Waals surface area contributed by atoms with Crippen molar-refractivity contribution in [3.8, 4) is 0 Å². The van der Waals surface area contributed by atoms with Crippen LogP contribution in [0.1, 0.15) is 39.5 Å². The maximum atomic E-state index is 12.9. The van der Waals surface area contributed by atoms with Gasteiger partial charge in [-0.3, -0.25) is 14.7 Å². The number of piperidine rings is 1. The lowest BCUT2D eigenvalue weighted by Gasteiger charge is -2.39. The van der Waals surface area contributed by atoms with E-state index in [-0.39, 0.29) is 35.8 Å². The molecule has 0 aromatic rings. The monoisotopic (exact) mass is 562 g/mol. The number of carbonyl (C=O) groups is 1. The van der Waals surface area contributed by atoms with Crippen molar-refractivity contribution in [2.24, 2.45) is 16.6 Å². The van der Waals surface area contributed by atoms with E-state index in [0.29, 0.717) is 32.7 Å². The van der Waals surface area contributed by atoms with Gasteiger partial charge < -0.3 is 20.9 Å². The highest BCUT2D eigenvalue weighted by Crippen LogP contribution is 2.25. The van der Waals surface area contributed by atoms with E-state index in [1.165, 1.54) is 11.8 Å². The molecule has 1 unspecified atom stereocenters. The number of primary amides is 1. The van der Waals surface area contributed by atoms with E-state index in [0.717, 1.165) is 57.8 Å². The van der Waals surface area contributed by atoms with Crippen LogP contribution in [-0.4, -0.2) is 97.7 Å². The summed E-state index contributed by atoms with van der Waals surface area (Å²) < 4.78 is 38.8. The molecule has 2 fully saturated rings. The van der Waals surface area contributed by atoms with Crippen molar-refractivity contribution in [2.45, 2.75) is 51.7 Å². The molecule has 182 valence electrons. The van der Waals surface area contributed by atoms with Gasteiger partial charge in [0.25, 0.3) is 0 Å². The number of nitrogens with one attached hydrogen (secondary N) is 1. The predicted octanol–water partition coefficient (Wildman–Crippen LogP) is 2.12. The van der Waals surface area contributed by atoms with Crippen LogP contribution >= 0.6 is 24.0 Å². The molecule has 0 spiro atoms. The van der Waals surface area contributed by atoms with Gasteiger partial charge in [-0.25, -0.2) is 0 Å². The van der Waals surface area contributed by atoms with Crippen LogP contribution in [0, 0.1) is 5.92 Å². The number of nitrogens with two attached hydrogens (primary N) is 1. The summed E-state index contributed by atoms with van der Waals surface area (Å²) in [6, 6.07) is -1.41. The minimum Gasteiger partial charge on any atom is -0.369 e. The molecule has 7 nitrogen and oxygen atoms in total. The van der Waals surface area contributed by atoms with E-state index in [2.05, 4.69) is 20.1 Å². The Labute approximate surface area is 201 Å². The Kier molecular flexibility index (Phi) is 12.4. The van der Waals surface area contributed by atoms with Crippen LogP contribution in [0.5, 0.6) is 0 Å². The van der Waals surface area contributed by atoms with Crippen LogP contribution < -0.4 is 11.1 Å². The number of hydrogen-bond donors (Lipinski definition) is 2. The van der Waals surface area contributed by atoms with Gasteiger partial charge in [-0.2, -0.15) is 13.2 Å². The second-order valence-electron chi connectivity index (χ2n) is 8.20. The highest BCUT2D eigenvalue weighted by molar-refractivity contribution is 14.0. The largest absolute Gasteiger partial charge is 0.403 e. The van der Waals surface area contributed by atoms with E-state index < -0.39 is 12.2 Å². The predicted molar refractivity (Wildman–Crippen MR) is 128 cm³/mol. The summed E-state index contributed by atoms with van der Waals surface area (Å²) in [6.07, 6.45) is -0.513. The van der Waals surface area contributed by atoms with Gasteiger partial charge in [-0.05, 0) is 59.2 Å². The molecular weight excluding hydrogens is 524 g/mol. The van der Waals surface area contributed by atoms with E-state index in [9.17, 15) is 18.0 Å². The molecule has 31 heavy (non-hydrogen) atoms. The van der Waals surface area contributed by atoms with E-state index >= 15 is 0 Å². The number of carbonyl (C=O) groups excluding carboxylic acids is 1. The van der Waals surface area contributed by atoms with Gasteiger partial charge in [0.05, 0.1) is 0 Å². The number of guanidine groups is 1. The summed E-state index contributed by atoms with van der Waals surface area (Å²) in [6.45, 7) is 9.32.